The molecule has 1 heterocycles. The lowest BCUT2D eigenvalue weighted by Crippen LogP contribution is -2.66. The predicted octanol–water partition coefficient (Wildman–Crippen LogP) is -9.13. The summed E-state index contributed by atoms with van der Waals surface area (Å²) in [7, 11) is 0. The van der Waals surface area contributed by atoms with Crippen LogP contribution >= 0.6 is 0 Å². The van der Waals surface area contributed by atoms with Crippen molar-refractivity contribution in [2.75, 3.05) is 19.7 Å². The molecule has 0 aliphatic carbocycles. The molecule has 0 aromatic carbocycles. The minimum Gasteiger partial charge on any atom is -0.479 e. The van der Waals surface area contributed by atoms with Crippen LogP contribution in [0.3, 0.4) is 0 Å². The Morgan fingerprint density at radius 2 is 1.23 bits per heavy atom. The molecule has 25 nitrogen and oxygen atoms in total. The molecule has 25 heteroatoms. The summed E-state index contributed by atoms with van der Waals surface area (Å²) in [4.78, 5) is 128. The van der Waals surface area contributed by atoms with Crippen LogP contribution in [0.4, 0.5) is 0 Å². The van der Waals surface area contributed by atoms with Crippen molar-refractivity contribution in [1.29, 1.82) is 0 Å². The maximum Gasteiger partial charge on any atom is 0.336 e. The van der Waals surface area contributed by atoms with Crippen molar-refractivity contribution in [3.63, 3.8) is 0 Å². The number of hydrogen-bond donors (Lipinski definition) is 15. The van der Waals surface area contributed by atoms with Gasteiger partial charge in [-0.05, 0) is 18.8 Å². The summed E-state index contributed by atoms with van der Waals surface area (Å²) in [6, 6.07) is -12.3. The van der Waals surface area contributed by atoms with Crippen molar-refractivity contribution < 1.29 is 78.6 Å². The van der Waals surface area contributed by atoms with E-state index in [9.17, 15) is 78.6 Å². The highest BCUT2D eigenvalue weighted by Crippen LogP contribution is 2.09. The van der Waals surface area contributed by atoms with E-state index < -0.39 is 145 Å². The molecule has 9 amide bonds. The molecule has 0 aromatic heterocycles. The molecular weight excluding hydrogens is 754 g/mol. The molecule has 0 aromatic rings. The molecule has 0 radical (unpaired) electrons. The molecule has 316 valence electrons. The highest BCUT2D eigenvalue weighted by atomic mass is 16.4. The summed E-state index contributed by atoms with van der Waals surface area (Å²) >= 11 is 0. The number of nitrogens with one attached hydrogen (secondary N) is 8. The number of carboxylic acids is 1. The minimum absolute atomic E-state index is 0.0517. The second kappa shape index (κ2) is 22.2. The number of amides is 9. The van der Waals surface area contributed by atoms with Gasteiger partial charge in [0.05, 0.1) is 19.3 Å². The quantitative estimate of drug-likeness (QED) is 0.0862. The van der Waals surface area contributed by atoms with Gasteiger partial charge in [-0.2, -0.15) is 0 Å². The lowest BCUT2D eigenvalue weighted by molar-refractivity contribution is -0.148. The number of nitrogens with two attached hydrogens (primary N) is 1. The molecule has 10 atom stereocenters. The van der Waals surface area contributed by atoms with Crippen LogP contribution in [0.5, 0.6) is 0 Å². The molecule has 56 heavy (non-hydrogen) atoms. The first-order chi connectivity index (χ1) is 25.9. The van der Waals surface area contributed by atoms with Crippen LogP contribution < -0.4 is 48.3 Å². The van der Waals surface area contributed by atoms with Gasteiger partial charge in [-0.25, -0.2) is 4.79 Å². The van der Waals surface area contributed by atoms with Gasteiger partial charge < -0.3 is 78.9 Å². The summed E-state index contributed by atoms with van der Waals surface area (Å²) in [5.41, 5.74) is 5.04. The third-order valence-electron chi connectivity index (χ3n) is 7.96. The number of aliphatic hydroxyl groups excluding tert-OH is 5. The van der Waals surface area contributed by atoms with Gasteiger partial charge in [-0.15, -0.1) is 0 Å². The van der Waals surface area contributed by atoms with Gasteiger partial charge >= 0.3 is 5.97 Å². The summed E-state index contributed by atoms with van der Waals surface area (Å²) in [5.74, 6) is -15.1. The maximum absolute atomic E-state index is 13.5. The topological polar surface area (TPSA) is 414 Å². The zero-order valence-corrected chi connectivity index (χ0v) is 31.1. The normalized spacial score (nSPS) is 27.0. The molecule has 1 aliphatic heterocycles. The van der Waals surface area contributed by atoms with Gasteiger partial charge in [0.1, 0.15) is 42.4 Å². The zero-order chi connectivity index (χ0) is 43.2. The van der Waals surface area contributed by atoms with Crippen LogP contribution in [-0.4, -0.2) is 170 Å². The maximum atomic E-state index is 13.5. The zero-order valence-electron chi connectivity index (χ0n) is 31.1. The molecule has 0 saturated carbocycles. The SMILES string of the molecule is CC(C)CC(=O)NC[C@H]1NC(=O)[C@H](C(=O)O)NC(=O)[C@H](O)CNC(=O)[C@H]([C@H](C)O)NC(=O)[C@H]([C@@H](O)[C@H](O)C(N)=O)NC(=O)[C@@H](C(C)C)NC(=O)[C@@H](CO)NC1=O. The van der Waals surface area contributed by atoms with Crippen LogP contribution in [0.15, 0.2) is 0 Å². The summed E-state index contributed by atoms with van der Waals surface area (Å²) < 4.78 is 0. The van der Waals surface area contributed by atoms with Gasteiger partial charge in [0.25, 0.3) is 11.8 Å². The van der Waals surface area contributed by atoms with Crippen molar-refractivity contribution in [2.45, 2.75) is 102 Å². The van der Waals surface area contributed by atoms with Gasteiger partial charge in [-0.1, -0.05) is 27.7 Å². The molecule has 16 N–H and O–H groups in total. The van der Waals surface area contributed by atoms with E-state index in [-0.39, 0.29) is 12.3 Å². The fourth-order valence-corrected chi connectivity index (χ4v) is 4.80. The fourth-order valence-electron chi connectivity index (χ4n) is 4.80. The predicted molar refractivity (Wildman–Crippen MR) is 186 cm³/mol. The van der Waals surface area contributed by atoms with Crippen molar-refractivity contribution in [3.05, 3.63) is 0 Å². The third-order valence-corrected chi connectivity index (χ3v) is 7.96. The Bertz CT molecular complexity index is 1490. The Balaban J connectivity index is 3.78. The van der Waals surface area contributed by atoms with Crippen LogP contribution in [-0.2, 0) is 47.9 Å². The Hall–Kier alpha value is -5.50. The Morgan fingerprint density at radius 3 is 1.73 bits per heavy atom. The average molecular weight is 806 g/mol. The fraction of sp³-hybridized carbons (Fsp3) is 0.677. The van der Waals surface area contributed by atoms with Crippen LogP contribution in [0.25, 0.3) is 0 Å². The Labute approximate surface area is 319 Å². The summed E-state index contributed by atoms with van der Waals surface area (Å²) in [6.45, 7) is 4.23. The van der Waals surface area contributed by atoms with Gasteiger partial charge in [0, 0.05) is 13.0 Å². The first kappa shape index (κ1) is 48.5. The van der Waals surface area contributed by atoms with E-state index in [0.29, 0.717) is 0 Å². The number of aliphatic hydroxyl groups is 5. The number of carboxylic acid groups (broad SMARTS) is 1. The summed E-state index contributed by atoms with van der Waals surface area (Å²) in [6.07, 6.45) is -9.18. The first-order valence-electron chi connectivity index (χ1n) is 17.1. The molecule has 1 rings (SSSR count). The second-order valence-electron chi connectivity index (χ2n) is 13.5. The number of aliphatic carboxylic acids is 1. The number of hydrogen-bond acceptors (Lipinski definition) is 15. The Kier molecular flexibility index (Phi) is 19.2. The highest BCUT2D eigenvalue weighted by Gasteiger charge is 2.41. The smallest absolute Gasteiger partial charge is 0.336 e. The van der Waals surface area contributed by atoms with Gasteiger partial charge in [-0.3, -0.25) is 43.2 Å². The number of β-amino-alcohol motifs (C(OH)–C–C–N with tert-alkyl or cyclic N) is 1. The van der Waals surface area contributed by atoms with Crippen molar-refractivity contribution in [2.24, 2.45) is 17.6 Å². The van der Waals surface area contributed by atoms with E-state index in [0.717, 1.165) is 6.92 Å². The number of rotatable bonds is 11. The molecule has 1 aliphatic rings. The van der Waals surface area contributed by atoms with E-state index in [1.807, 2.05) is 21.3 Å². The van der Waals surface area contributed by atoms with E-state index in [4.69, 9.17) is 5.73 Å². The van der Waals surface area contributed by atoms with E-state index in [1.54, 1.807) is 19.2 Å². The second-order valence-corrected chi connectivity index (χ2v) is 13.5. The van der Waals surface area contributed by atoms with E-state index in [1.165, 1.54) is 13.8 Å². The lowest BCUT2D eigenvalue weighted by Gasteiger charge is -2.31. The summed E-state index contributed by atoms with van der Waals surface area (Å²) in [5, 5.41) is 77.5. The highest BCUT2D eigenvalue weighted by molar-refractivity contribution is 6.06. The van der Waals surface area contributed by atoms with Crippen molar-refractivity contribution in [1.82, 2.24) is 42.5 Å². The molecule has 0 unspecified atom stereocenters. The van der Waals surface area contributed by atoms with Crippen LogP contribution in [0.2, 0.25) is 0 Å². The van der Waals surface area contributed by atoms with Gasteiger partial charge in [0.15, 0.2) is 6.10 Å². The molecule has 1 saturated heterocycles. The monoisotopic (exact) mass is 805 g/mol. The van der Waals surface area contributed by atoms with E-state index in [2.05, 4.69) is 16.0 Å². The average Bonchev–Trinajstić information content (AvgIpc) is 3.10. The molecule has 1 fully saturated rings. The number of primary amides is 1. The first-order valence-corrected chi connectivity index (χ1v) is 17.1. The van der Waals surface area contributed by atoms with Crippen LogP contribution in [0.1, 0.15) is 41.0 Å². The Morgan fingerprint density at radius 1 is 0.714 bits per heavy atom. The van der Waals surface area contributed by atoms with Gasteiger partial charge in [0.2, 0.25) is 47.4 Å². The number of carbonyl (C=O) groups excluding carboxylic acids is 9. The molecule has 0 bridgehead atoms. The molecule has 0 spiro atoms. The molecular formula is C31H51N9O16. The largest absolute Gasteiger partial charge is 0.479 e. The lowest BCUT2D eigenvalue weighted by atomic mass is 9.99. The van der Waals surface area contributed by atoms with Crippen LogP contribution in [0, 0.1) is 11.8 Å². The minimum atomic E-state index is -2.52. The van der Waals surface area contributed by atoms with Crippen molar-refractivity contribution in [3.8, 4) is 0 Å². The van der Waals surface area contributed by atoms with E-state index >= 15 is 0 Å². The number of carbonyl (C=O) groups is 10. The third kappa shape index (κ3) is 14.6. The van der Waals surface area contributed by atoms with Crippen molar-refractivity contribution >= 4 is 59.1 Å². The standard InChI is InChI=1S/C31H51N9O16/c1-10(2)6-16(44)33-7-13-24(48)36-14(9-41)25(49)37-17(11(3)4)28(52)39-19(21(45)22(46)23(32)47)29(53)38-18(12(5)42)27(51)34-8-15(43)26(50)40-20(31(55)56)30(54)35-13/h10-15,17-22,41-43,45-46H,6-9H2,1-5H3,(H2,32,47)(H,33,44)(H,34,51)(H,35,54)(H,36,48)(H,37,49)(H,38,53)(H,39,52)(H,40,50)(H,55,56)/t12-,13+,14+,15+,17+,18-,19-,20+,21+,22-/m0/s1.